The van der Waals surface area contributed by atoms with Crippen LogP contribution in [0, 0.1) is 0 Å². The third-order valence-electron chi connectivity index (χ3n) is 2.37. The van der Waals surface area contributed by atoms with Crippen LogP contribution in [0.25, 0.3) is 0 Å². The van der Waals surface area contributed by atoms with E-state index in [4.69, 9.17) is 28.3 Å². The highest BCUT2D eigenvalue weighted by atomic mass is 35.5. The van der Waals surface area contributed by atoms with Gasteiger partial charge in [0.1, 0.15) is 4.88 Å². The number of benzene rings is 1. The van der Waals surface area contributed by atoms with Crippen LogP contribution >= 0.6 is 34.5 Å². The normalized spacial score (nSPS) is 10.8. The Labute approximate surface area is 133 Å². The van der Waals surface area contributed by atoms with E-state index in [0.717, 1.165) is 11.3 Å². The van der Waals surface area contributed by atoms with Gasteiger partial charge in [-0.1, -0.05) is 23.2 Å². The number of hydrogen-bond donors (Lipinski definition) is 2. The Morgan fingerprint density at radius 1 is 1.24 bits per heavy atom. The number of carbonyl (C=O) groups excluding carboxylic acids is 1. The molecule has 2 N–H and O–H groups in total. The SMILES string of the molecule is O=C(O)c1ccc(C=NNC(=O)c2ccc(Cl)cc2Cl)s1. The van der Waals surface area contributed by atoms with Crippen molar-refractivity contribution in [3.63, 3.8) is 0 Å². The van der Waals surface area contributed by atoms with E-state index in [1.165, 1.54) is 24.4 Å². The minimum atomic E-state index is -1.00. The van der Waals surface area contributed by atoms with E-state index in [2.05, 4.69) is 10.5 Å². The number of thiophene rings is 1. The van der Waals surface area contributed by atoms with Gasteiger partial charge < -0.3 is 5.11 Å². The molecule has 0 aliphatic rings. The number of carboxylic acid groups (broad SMARTS) is 1. The van der Waals surface area contributed by atoms with Crippen LogP contribution in [0.15, 0.2) is 35.4 Å². The Morgan fingerprint density at radius 3 is 2.62 bits per heavy atom. The minimum absolute atomic E-state index is 0.198. The lowest BCUT2D eigenvalue weighted by atomic mass is 10.2. The van der Waals surface area contributed by atoms with Gasteiger partial charge in [-0.2, -0.15) is 5.10 Å². The predicted molar refractivity (Wildman–Crippen MR) is 82.8 cm³/mol. The van der Waals surface area contributed by atoms with Crippen LogP contribution in [0.3, 0.4) is 0 Å². The highest BCUT2D eigenvalue weighted by molar-refractivity contribution is 7.15. The molecule has 8 heteroatoms. The monoisotopic (exact) mass is 342 g/mol. The summed E-state index contributed by atoms with van der Waals surface area (Å²) in [6, 6.07) is 7.55. The smallest absolute Gasteiger partial charge is 0.345 e. The van der Waals surface area contributed by atoms with Gasteiger partial charge in [0, 0.05) is 9.90 Å². The lowest BCUT2D eigenvalue weighted by Crippen LogP contribution is -2.17. The molecule has 1 aromatic heterocycles. The van der Waals surface area contributed by atoms with Crippen molar-refractivity contribution in [3.8, 4) is 0 Å². The molecule has 0 bridgehead atoms. The highest BCUT2D eigenvalue weighted by Gasteiger charge is 2.10. The number of carboxylic acids is 1. The van der Waals surface area contributed by atoms with Crippen LogP contribution in [0.5, 0.6) is 0 Å². The third kappa shape index (κ3) is 4.04. The van der Waals surface area contributed by atoms with Gasteiger partial charge in [0.05, 0.1) is 16.8 Å². The fourth-order valence-electron chi connectivity index (χ4n) is 1.43. The van der Waals surface area contributed by atoms with E-state index >= 15 is 0 Å². The van der Waals surface area contributed by atoms with Crippen molar-refractivity contribution in [3.05, 3.63) is 55.7 Å². The molecule has 0 radical (unpaired) electrons. The molecule has 0 aliphatic heterocycles. The van der Waals surface area contributed by atoms with E-state index in [1.807, 2.05) is 0 Å². The molecular weight excluding hydrogens is 335 g/mol. The largest absolute Gasteiger partial charge is 0.477 e. The van der Waals surface area contributed by atoms with Crippen molar-refractivity contribution in [2.45, 2.75) is 0 Å². The first-order valence-electron chi connectivity index (χ1n) is 5.59. The van der Waals surface area contributed by atoms with Crippen molar-refractivity contribution >= 4 is 52.6 Å². The molecule has 0 atom stereocenters. The maximum Gasteiger partial charge on any atom is 0.345 e. The first kappa shape index (κ1) is 15.5. The second kappa shape index (κ2) is 6.71. The number of halogens is 2. The summed E-state index contributed by atoms with van der Waals surface area (Å²) in [4.78, 5) is 23.4. The fourth-order valence-corrected chi connectivity index (χ4v) is 2.64. The average Bonchev–Trinajstić information content (AvgIpc) is 2.87. The number of carbonyl (C=O) groups is 2. The van der Waals surface area contributed by atoms with Crippen LogP contribution in [0.1, 0.15) is 24.9 Å². The van der Waals surface area contributed by atoms with Crippen LogP contribution < -0.4 is 5.43 Å². The summed E-state index contributed by atoms with van der Waals surface area (Å²) in [5, 5.41) is 13.2. The summed E-state index contributed by atoms with van der Waals surface area (Å²) in [7, 11) is 0. The van der Waals surface area contributed by atoms with Crippen molar-refractivity contribution < 1.29 is 14.7 Å². The minimum Gasteiger partial charge on any atom is -0.477 e. The topological polar surface area (TPSA) is 78.8 Å². The summed E-state index contributed by atoms with van der Waals surface area (Å²) in [6.45, 7) is 0. The Hall–Kier alpha value is -1.89. The molecule has 0 unspecified atom stereocenters. The number of nitrogens with one attached hydrogen (secondary N) is 1. The summed E-state index contributed by atoms with van der Waals surface area (Å²) in [6.07, 6.45) is 1.36. The lowest BCUT2D eigenvalue weighted by molar-refractivity contribution is 0.0702. The highest BCUT2D eigenvalue weighted by Crippen LogP contribution is 2.20. The quantitative estimate of drug-likeness (QED) is 0.659. The first-order chi connectivity index (χ1) is 9.97. The maximum absolute atomic E-state index is 11.8. The van der Waals surface area contributed by atoms with E-state index in [9.17, 15) is 9.59 Å². The molecule has 2 rings (SSSR count). The molecule has 0 saturated carbocycles. The first-order valence-corrected chi connectivity index (χ1v) is 7.16. The van der Waals surface area contributed by atoms with Crippen LogP contribution in [0.4, 0.5) is 0 Å². The average molecular weight is 343 g/mol. The van der Waals surface area contributed by atoms with Crippen molar-refractivity contribution in [2.75, 3.05) is 0 Å². The number of rotatable bonds is 4. The van der Waals surface area contributed by atoms with E-state index in [-0.39, 0.29) is 15.5 Å². The van der Waals surface area contributed by atoms with E-state index in [1.54, 1.807) is 12.1 Å². The van der Waals surface area contributed by atoms with Gasteiger partial charge in [-0.25, -0.2) is 10.2 Å². The van der Waals surface area contributed by atoms with Crippen molar-refractivity contribution in [2.24, 2.45) is 5.10 Å². The Balaban J connectivity index is 2.03. The predicted octanol–water partition coefficient (Wildman–Crippen LogP) is 3.52. The molecule has 5 nitrogen and oxygen atoms in total. The van der Waals surface area contributed by atoms with Gasteiger partial charge in [-0.15, -0.1) is 11.3 Å². The molecule has 2 aromatic rings. The standard InChI is InChI=1S/C13H8Cl2N2O3S/c14-7-1-3-9(10(15)5-7)12(18)17-16-6-8-2-4-11(21-8)13(19)20/h1-6H,(H,17,18)(H,19,20). The Kier molecular flexibility index (Phi) is 4.95. The van der Waals surface area contributed by atoms with Crippen LogP contribution in [0.2, 0.25) is 10.0 Å². The number of hydrazone groups is 1. The van der Waals surface area contributed by atoms with Gasteiger partial charge in [0.15, 0.2) is 0 Å². The second-order valence-electron chi connectivity index (χ2n) is 3.83. The second-order valence-corrected chi connectivity index (χ2v) is 5.79. The molecule has 0 aliphatic carbocycles. The van der Waals surface area contributed by atoms with Crippen molar-refractivity contribution in [1.29, 1.82) is 0 Å². The summed E-state index contributed by atoms with van der Waals surface area (Å²) in [5.74, 6) is -1.49. The number of hydrogen-bond acceptors (Lipinski definition) is 4. The van der Waals surface area contributed by atoms with Gasteiger partial charge in [-0.3, -0.25) is 4.79 Å². The number of amides is 1. The number of aromatic carboxylic acids is 1. The van der Waals surface area contributed by atoms with Crippen LogP contribution in [-0.2, 0) is 0 Å². The zero-order chi connectivity index (χ0) is 15.4. The molecule has 0 fully saturated rings. The molecular formula is C13H8Cl2N2O3S. The zero-order valence-corrected chi connectivity index (χ0v) is 12.7. The molecule has 108 valence electrons. The van der Waals surface area contributed by atoms with Gasteiger partial charge in [0.25, 0.3) is 5.91 Å². The van der Waals surface area contributed by atoms with E-state index in [0.29, 0.717) is 9.90 Å². The molecule has 1 heterocycles. The van der Waals surface area contributed by atoms with Gasteiger partial charge in [0.2, 0.25) is 0 Å². The molecule has 0 spiro atoms. The van der Waals surface area contributed by atoms with Crippen LogP contribution in [-0.4, -0.2) is 23.2 Å². The zero-order valence-electron chi connectivity index (χ0n) is 10.3. The molecule has 0 saturated heterocycles. The third-order valence-corrected chi connectivity index (χ3v) is 3.93. The maximum atomic E-state index is 11.8. The summed E-state index contributed by atoms with van der Waals surface area (Å²) < 4.78 is 0. The Morgan fingerprint density at radius 2 is 2.00 bits per heavy atom. The van der Waals surface area contributed by atoms with E-state index < -0.39 is 11.9 Å². The lowest BCUT2D eigenvalue weighted by Gasteiger charge is -2.02. The summed E-state index contributed by atoms with van der Waals surface area (Å²) in [5.41, 5.74) is 2.55. The molecule has 21 heavy (non-hydrogen) atoms. The number of nitrogens with zero attached hydrogens (tertiary/aromatic N) is 1. The van der Waals surface area contributed by atoms with Gasteiger partial charge >= 0.3 is 5.97 Å². The molecule has 1 amide bonds. The van der Waals surface area contributed by atoms with Gasteiger partial charge in [-0.05, 0) is 30.3 Å². The fraction of sp³-hybridized carbons (Fsp3) is 0. The molecule has 1 aromatic carbocycles. The Bertz CT molecular complexity index is 728. The summed E-state index contributed by atoms with van der Waals surface area (Å²) >= 11 is 12.7. The van der Waals surface area contributed by atoms with Crippen molar-refractivity contribution in [1.82, 2.24) is 5.43 Å².